The van der Waals surface area contributed by atoms with E-state index >= 15 is 0 Å². The minimum Gasteiger partial charge on any atom is -0.497 e. The summed E-state index contributed by atoms with van der Waals surface area (Å²) in [7, 11) is -2.23. The van der Waals surface area contributed by atoms with E-state index < -0.39 is 10.0 Å². The second-order valence-corrected chi connectivity index (χ2v) is 6.85. The summed E-state index contributed by atoms with van der Waals surface area (Å²) in [4.78, 5) is 0.104. The number of primary sulfonamides is 1. The predicted octanol–water partition coefficient (Wildman–Crippen LogP) is 3.68. The smallest absolute Gasteiger partial charge is 0.238 e. The van der Waals surface area contributed by atoms with Crippen LogP contribution < -0.4 is 9.88 Å². The number of sulfonamides is 1. The first-order valence-electron chi connectivity index (χ1n) is 7.36. The van der Waals surface area contributed by atoms with Crippen molar-refractivity contribution >= 4 is 10.0 Å². The Hall–Kier alpha value is -2.63. The van der Waals surface area contributed by atoms with Gasteiger partial charge in [-0.3, -0.25) is 0 Å². The molecule has 0 saturated carbocycles. The van der Waals surface area contributed by atoms with Crippen LogP contribution in [0.2, 0.25) is 0 Å². The van der Waals surface area contributed by atoms with Gasteiger partial charge in [0.25, 0.3) is 0 Å². The van der Waals surface area contributed by atoms with Gasteiger partial charge in [-0.1, -0.05) is 54.6 Å². The van der Waals surface area contributed by atoms with E-state index in [4.69, 9.17) is 9.88 Å². The Balaban J connectivity index is 2.31. The molecule has 122 valence electrons. The van der Waals surface area contributed by atoms with Crippen molar-refractivity contribution in [2.24, 2.45) is 5.14 Å². The number of methoxy groups -OCH3 is 1. The predicted molar refractivity (Wildman–Crippen MR) is 95.2 cm³/mol. The van der Waals surface area contributed by atoms with Crippen LogP contribution in [0.3, 0.4) is 0 Å². The maximum absolute atomic E-state index is 12.0. The van der Waals surface area contributed by atoms with Gasteiger partial charge < -0.3 is 4.74 Å². The molecule has 0 aliphatic rings. The number of ether oxygens (including phenoxy) is 1. The summed E-state index contributed by atoms with van der Waals surface area (Å²) >= 11 is 0. The van der Waals surface area contributed by atoms with E-state index in [1.807, 2.05) is 48.5 Å². The molecular weight excluding hydrogens is 322 g/mol. The molecule has 0 aliphatic carbocycles. The zero-order valence-corrected chi connectivity index (χ0v) is 14.0. The number of hydrogen-bond donors (Lipinski definition) is 1. The summed E-state index contributed by atoms with van der Waals surface area (Å²) < 4.78 is 29.2. The summed E-state index contributed by atoms with van der Waals surface area (Å²) in [5.74, 6) is 0.700. The third-order valence-electron chi connectivity index (χ3n) is 3.80. The van der Waals surface area contributed by atoms with Gasteiger partial charge in [0.15, 0.2) is 0 Å². The number of nitrogens with two attached hydrogens (primary N) is 1. The van der Waals surface area contributed by atoms with Crippen LogP contribution in [0.4, 0.5) is 0 Å². The molecule has 5 heteroatoms. The number of hydrogen-bond acceptors (Lipinski definition) is 3. The van der Waals surface area contributed by atoms with E-state index in [-0.39, 0.29) is 4.90 Å². The molecule has 3 aromatic rings. The van der Waals surface area contributed by atoms with Crippen molar-refractivity contribution in [3.05, 3.63) is 72.8 Å². The molecule has 0 amide bonds. The fraction of sp³-hybridized carbons (Fsp3) is 0.0526. The van der Waals surface area contributed by atoms with Crippen molar-refractivity contribution in [2.75, 3.05) is 7.11 Å². The zero-order valence-electron chi connectivity index (χ0n) is 13.1. The topological polar surface area (TPSA) is 69.4 Å². The molecule has 4 nitrogen and oxygen atoms in total. The molecule has 0 fully saturated rings. The largest absolute Gasteiger partial charge is 0.497 e. The first kappa shape index (κ1) is 16.2. The van der Waals surface area contributed by atoms with Crippen LogP contribution in [-0.4, -0.2) is 15.5 Å². The molecule has 0 radical (unpaired) electrons. The Morgan fingerprint density at radius 1 is 0.792 bits per heavy atom. The van der Waals surface area contributed by atoms with Crippen molar-refractivity contribution in [3.63, 3.8) is 0 Å². The lowest BCUT2D eigenvalue weighted by molar-refractivity contribution is 0.415. The number of benzene rings is 3. The Labute approximate surface area is 141 Å². The summed E-state index contributed by atoms with van der Waals surface area (Å²) in [6, 6.07) is 22.0. The van der Waals surface area contributed by atoms with Gasteiger partial charge in [0.1, 0.15) is 5.75 Å². The maximum atomic E-state index is 12.0. The normalized spacial score (nSPS) is 11.2. The van der Waals surface area contributed by atoms with Crippen LogP contribution in [-0.2, 0) is 10.0 Å². The molecule has 2 N–H and O–H groups in total. The number of rotatable bonds is 4. The van der Waals surface area contributed by atoms with Crippen LogP contribution in [0.5, 0.6) is 5.75 Å². The van der Waals surface area contributed by atoms with Crippen molar-refractivity contribution in [3.8, 4) is 28.0 Å². The zero-order chi connectivity index (χ0) is 17.2. The minimum atomic E-state index is -3.83. The van der Waals surface area contributed by atoms with Gasteiger partial charge in [-0.15, -0.1) is 0 Å². The monoisotopic (exact) mass is 339 g/mol. The van der Waals surface area contributed by atoms with E-state index in [9.17, 15) is 8.42 Å². The standard InChI is InChI=1S/C19H17NO3S/c1-23-15-11-12-16(18(13-15)14-7-3-2-4-8-14)17-9-5-6-10-19(17)24(20,21)22/h2-13H,1H3,(H2,20,21,22). The Bertz CT molecular complexity index is 967. The fourth-order valence-electron chi connectivity index (χ4n) is 2.68. The summed E-state index contributed by atoms with van der Waals surface area (Å²) in [5, 5.41) is 5.39. The Morgan fingerprint density at radius 2 is 1.46 bits per heavy atom. The molecule has 0 aromatic heterocycles. The van der Waals surface area contributed by atoms with E-state index in [0.29, 0.717) is 11.3 Å². The van der Waals surface area contributed by atoms with E-state index in [1.165, 1.54) is 6.07 Å². The van der Waals surface area contributed by atoms with Crippen LogP contribution in [0.1, 0.15) is 0 Å². The molecule has 24 heavy (non-hydrogen) atoms. The van der Waals surface area contributed by atoms with E-state index in [2.05, 4.69) is 0 Å². The van der Waals surface area contributed by atoms with Crippen LogP contribution in [0, 0.1) is 0 Å². The lowest BCUT2D eigenvalue weighted by Gasteiger charge is -2.14. The average Bonchev–Trinajstić information content (AvgIpc) is 2.61. The highest BCUT2D eigenvalue weighted by Crippen LogP contribution is 2.37. The van der Waals surface area contributed by atoms with Gasteiger partial charge >= 0.3 is 0 Å². The molecule has 0 spiro atoms. The average molecular weight is 339 g/mol. The molecular formula is C19H17NO3S. The quantitative estimate of drug-likeness (QED) is 0.788. The Kier molecular flexibility index (Phi) is 4.38. The highest BCUT2D eigenvalue weighted by molar-refractivity contribution is 7.89. The summed E-state index contributed by atoms with van der Waals surface area (Å²) in [5.41, 5.74) is 3.20. The lowest BCUT2D eigenvalue weighted by Crippen LogP contribution is -2.13. The van der Waals surface area contributed by atoms with Gasteiger partial charge in [0, 0.05) is 5.56 Å². The summed E-state index contributed by atoms with van der Waals surface area (Å²) in [6.07, 6.45) is 0. The van der Waals surface area contributed by atoms with Crippen LogP contribution in [0.15, 0.2) is 77.7 Å². The third-order valence-corrected chi connectivity index (χ3v) is 4.76. The van der Waals surface area contributed by atoms with Crippen LogP contribution >= 0.6 is 0 Å². The van der Waals surface area contributed by atoms with E-state index in [0.717, 1.165) is 16.7 Å². The molecule has 3 aromatic carbocycles. The van der Waals surface area contributed by atoms with Gasteiger partial charge in [-0.25, -0.2) is 13.6 Å². The molecule has 0 atom stereocenters. The fourth-order valence-corrected chi connectivity index (χ4v) is 3.43. The maximum Gasteiger partial charge on any atom is 0.238 e. The molecule has 0 heterocycles. The first-order valence-corrected chi connectivity index (χ1v) is 8.91. The molecule has 3 rings (SSSR count). The molecule has 0 unspecified atom stereocenters. The van der Waals surface area contributed by atoms with Gasteiger partial charge in [0.2, 0.25) is 10.0 Å². The van der Waals surface area contributed by atoms with Crippen molar-refractivity contribution in [1.29, 1.82) is 0 Å². The third kappa shape index (κ3) is 3.18. The van der Waals surface area contributed by atoms with E-state index in [1.54, 1.807) is 25.3 Å². The highest BCUT2D eigenvalue weighted by Gasteiger charge is 2.17. The molecule has 0 aliphatic heterocycles. The van der Waals surface area contributed by atoms with Crippen molar-refractivity contribution in [2.45, 2.75) is 4.90 Å². The SMILES string of the molecule is COc1ccc(-c2ccccc2S(N)(=O)=O)c(-c2ccccc2)c1. The molecule has 0 bridgehead atoms. The van der Waals surface area contributed by atoms with Gasteiger partial charge in [-0.2, -0.15) is 0 Å². The summed E-state index contributed by atoms with van der Waals surface area (Å²) in [6.45, 7) is 0. The van der Waals surface area contributed by atoms with Gasteiger partial charge in [0.05, 0.1) is 12.0 Å². The van der Waals surface area contributed by atoms with Gasteiger partial charge in [-0.05, 0) is 34.9 Å². The minimum absolute atomic E-state index is 0.104. The van der Waals surface area contributed by atoms with Crippen molar-refractivity contribution < 1.29 is 13.2 Å². The second kappa shape index (κ2) is 6.47. The van der Waals surface area contributed by atoms with Crippen LogP contribution in [0.25, 0.3) is 22.3 Å². The first-order chi connectivity index (χ1) is 11.5. The second-order valence-electron chi connectivity index (χ2n) is 5.32. The highest BCUT2D eigenvalue weighted by atomic mass is 32.2. The molecule has 0 saturated heterocycles. The Morgan fingerprint density at radius 3 is 2.12 bits per heavy atom. The lowest BCUT2D eigenvalue weighted by atomic mass is 9.94. The van der Waals surface area contributed by atoms with Crippen molar-refractivity contribution in [1.82, 2.24) is 0 Å².